The van der Waals surface area contributed by atoms with Crippen LogP contribution in [0, 0.1) is 11.8 Å². The minimum Gasteiger partial charge on any atom is -0.351 e. The van der Waals surface area contributed by atoms with Crippen molar-refractivity contribution in [3.8, 4) is 11.8 Å². The number of carbonyl (C=O) groups excluding carboxylic acids is 2. The van der Waals surface area contributed by atoms with E-state index in [4.69, 9.17) is 5.73 Å². The number of hydrogen-bond donors (Lipinski definition) is 2. The predicted octanol–water partition coefficient (Wildman–Crippen LogP) is 2.20. The van der Waals surface area contributed by atoms with Gasteiger partial charge >= 0.3 is 6.03 Å². The third-order valence-electron chi connectivity index (χ3n) is 1.90. The second-order valence-electron chi connectivity index (χ2n) is 3.46. The van der Waals surface area contributed by atoms with Crippen molar-refractivity contribution in [1.29, 1.82) is 0 Å². The molecule has 1 rings (SSSR count). The highest BCUT2D eigenvalue weighted by atomic mass is 32.2. The summed E-state index contributed by atoms with van der Waals surface area (Å²) in [6.07, 6.45) is 0.651. The van der Waals surface area contributed by atoms with Crippen LogP contribution in [0.3, 0.4) is 0 Å². The summed E-state index contributed by atoms with van der Waals surface area (Å²) < 4.78 is 0. The van der Waals surface area contributed by atoms with Gasteiger partial charge in [0.05, 0.1) is 0 Å². The molecule has 0 heterocycles. The normalized spacial score (nSPS) is 9.17. The fourth-order valence-corrected chi connectivity index (χ4v) is 1.72. The Morgan fingerprint density at radius 1 is 1.44 bits per heavy atom. The van der Waals surface area contributed by atoms with Gasteiger partial charge in [-0.1, -0.05) is 29.7 Å². The number of nitrogens with one attached hydrogen (secondary N) is 1. The van der Waals surface area contributed by atoms with Gasteiger partial charge in [-0.15, -0.1) is 0 Å². The van der Waals surface area contributed by atoms with E-state index in [0.717, 1.165) is 5.56 Å². The van der Waals surface area contributed by atoms with E-state index in [1.807, 2.05) is 6.07 Å². The van der Waals surface area contributed by atoms with Crippen LogP contribution in [0.4, 0.5) is 10.5 Å². The standard InChI is InChI=1S/C13H14N2O2S/c1-10(16)18-8-3-2-5-11-6-4-7-12(9-11)15-13(14)17/h4,6-7,9H,3,8H2,1H3,(H3,14,15,17). The first kappa shape index (κ1) is 14.1. The van der Waals surface area contributed by atoms with Gasteiger partial charge in [0.15, 0.2) is 5.12 Å². The maximum Gasteiger partial charge on any atom is 0.316 e. The topological polar surface area (TPSA) is 72.2 Å². The summed E-state index contributed by atoms with van der Waals surface area (Å²) in [7, 11) is 0. The van der Waals surface area contributed by atoms with Crippen LogP contribution in [-0.4, -0.2) is 16.9 Å². The minimum absolute atomic E-state index is 0.101. The predicted molar refractivity (Wildman–Crippen MR) is 74.3 cm³/mol. The minimum atomic E-state index is -0.599. The number of amides is 2. The fraction of sp³-hybridized carbons (Fsp3) is 0.231. The van der Waals surface area contributed by atoms with Gasteiger partial charge in [-0.2, -0.15) is 0 Å². The monoisotopic (exact) mass is 262 g/mol. The first-order valence-corrected chi connectivity index (χ1v) is 6.35. The van der Waals surface area contributed by atoms with Crippen molar-refractivity contribution in [3.05, 3.63) is 29.8 Å². The molecule has 0 aliphatic carbocycles. The number of thioether (sulfide) groups is 1. The van der Waals surface area contributed by atoms with E-state index in [9.17, 15) is 9.59 Å². The summed E-state index contributed by atoms with van der Waals surface area (Å²) in [6.45, 7) is 1.54. The molecule has 0 aromatic heterocycles. The van der Waals surface area contributed by atoms with Crippen LogP contribution in [0.5, 0.6) is 0 Å². The molecule has 3 N–H and O–H groups in total. The highest BCUT2D eigenvalue weighted by molar-refractivity contribution is 8.13. The SMILES string of the molecule is CC(=O)SCCC#Cc1cccc(NC(N)=O)c1. The van der Waals surface area contributed by atoms with Crippen LogP contribution in [0.25, 0.3) is 0 Å². The van der Waals surface area contributed by atoms with E-state index in [-0.39, 0.29) is 5.12 Å². The Kier molecular flexibility index (Phi) is 5.81. The third kappa shape index (κ3) is 5.97. The fourth-order valence-electron chi connectivity index (χ4n) is 1.23. The Morgan fingerprint density at radius 2 is 2.22 bits per heavy atom. The Bertz CT molecular complexity index is 503. The number of rotatable bonds is 3. The number of nitrogens with two attached hydrogens (primary N) is 1. The molecule has 0 atom stereocenters. The van der Waals surface area contributed by atoms with Crippen molar-refractivity contribution < 1.29 is 9.59 Å². The molecule has 0 radical (unpaired) electrons. The van der Waals surface area contributed by atoms with Gasteiger partial charge in [0.1, 0.15) is 0 Å². The van der Waals surface area contributed by atoms with Gasteiger partial charge in [-0.25, -0.2) is 4.79 Å². The number of benzene rings is 1. The Labute approximate surface area is 110 Å². The van der Waals surface area contributed by atoms with Crippen molar-refractivity contribution in [3.63, 3.8) is 0 Å². The highest BCUT2D eigenvalue weighted by Gasteiger charge is 1.96. The highest BCUT2D eigenvalue weighted by Crippen LogP contribution is 2.09. The summed E-state index contributed by atoms with van der Waals surface area (Å²) in [5.74, 6) is 6.63. The largest absolute Gasteiger partial charge is 0.351 e. The van der Waals surface area contributed by atoms with Crippen LogP contribution in [-0.2, 0) is 4.79 Å². The molecule has 0 fully saturated rings. The molecule has 5 heteroatoms. The van der Waals surface area contributed by atoms with Crippen LogP contribution >= 0.6 is 11.8 Å². The first-order chi connectivity index (χ1) is 8.58. The number of primary amides is 1. The van der Waals surface area contributed by atoms with Gasteiger partial charge in [0.2, 0.25) is 0 Å². The lowest BCUT2D eigenvalue weighted by Gasteiger charge is -2.00. The maximum atomic E-state index is 10.7. The van der Waals surface area contributed by atoms with E-state index in [0.29, 0.717) is 17.9 Å². The Balaban J connectivity index is 2.54. The summed E-state index contributed by atoms with van der Waals surface area (Å²) in [5, 5.41) is 2.59. The summed E-state index contributed by atoms with van der Waals surface area (Å²) >= 11 is 1.26. The smallest absolute Gasteiger partial charge is 0.316 e. The van der Waals surface area contributed by atoms with E-state index in [2.05, 4.69) is 17.2 Å². The second kappa shape index (κ2) is 7.41. The number of anilines is 1. The molecule has 0 aliphatic rings. The summed E-state index contributed by atoms with van der Waals surface area (Å²) in [6, 6.07) is 6.52. The number of hydrogen-bond acceptors (Lipinski definition) is 3. The van der Waals surface area contributed by atoms with Crippen molar-refractivity contribution in [2.24, 2.45) is 5.73 Å². The Morgan fingerprint density at radius 3 is 2.89 bits per heavy atom. The molecule has 0 bridgehead atoms. The molecule has 0 aliphatic heterocycles. The molecule has 94 valence electrons. The zero-order valence-electron chi connectivity index (χ0n) is 10.0. The van der Waals surface area contributed by atoms with E-state index in [1.165, 1.54) is 18.7 Å². The molecule has 2 amide bonds. The van der Waals surface area contributed by atoms with Crippen molar-refractivity contribution >= 4 is 28.6 Å². The quantitative estimate of drug-likeness (QED) is 0.648. The van der Waals surface area contributed by atoms with Crippen molar-refractivity contribution in [1.82, 2.24) is 0 Å². The summed E-state index contributed by atoms with van der Waals surface area (Å²) in [4.78, 5) is 21.4. The zero-order chi connectivity index (χ0) is 13.4. The lowest BCUT2D eigenvalue weighted by molar-refractivity contribution is -0.109. The van der Waals surface area contributed by atoms with Crippen LogP contribution in [0.15, 0.2) is 24.3 Å². The molecular formula is C13H14N2O2S. The molecule has 1 aromatic carbocycles. The Hall–Kier alpha value is -1.93. The third-order valence-corrected chi connectivity index (χ3v) is 2.71. The molecular weight excluding hydrogens is 248 g/mol. The van der Waals surface area contributed by atoms with Crippen molar-refractivity contribution in [2.45, 2.75) is 13.3 Å². The van der Waals surface area contributed by atoms with E-state index < -0.39 is 6.03 Å². The van der Waals surface area contributed by atoms with Gasteiger partial charge < -0.3 is 11.1 Å². The first-order valence-electron chi connectivity index (χ1n) is 5.36. The molecule has 4 nitrogen and oxygen atoms in total. The average molecular weight is 262 g/mol. The van der Waals surface area contributed by atoms with Crippen molar-refractivity contribution in [2.75, 3.05) is 11.1 Å². The van der Waals surface area contributed by atoms with Crippen LogP contribution < -0.4 is 11.1 Å². The van der Waals surface area contributed by atoms with Gasteiger partial charge in [0.25, 0.3) is 0 Å². The summed E-state index contributed by atoms with van der Waals surface area (Å²) in [5.41, 5.74) is 6.44. The maximum absolute atomic E-state index is 10.7. The van der Waals surface area contributed by atoms with Gasteiger partial charge in [-0.05, 0) is 18.2 Å². The molecule has 1 aromatic rings. The lowest BCUT2D eigenvalue weighted by Crippen LogP contribution is -2.19. The van der Waals surface area contributed by atoms with Crippen LogP contribution in [0.2, 0.25) is 0 Å². The molecule has 0 spiro atoms. The molecule has 18 heavy (non-hydrogen) atoms. The average Bonchev–Trinajstić information content (AvgIpc) is 2.27. The number of carbonyl (C=O) groups is 2. The zero-order valence-corrected chi connectivity index (χ0v) is 10.8. The molecule has 0 saturated carbocycles. The van der Waals surface area contributed by atoms with Gasteiger partial charge in [0, 0.05) is 30.3 Å². The second-order valence-corrected chi connectivity index (χ2v) is 4.73. The van der Waals surface area contributed by atoms with Crippen LogP contribution in [0.1, 0.15) is 18.9 Å². The number of urea groups is 1. The molecule has 0 unspecified atom stereocenters. The lowest BCUT2D eigenvalue weighted by atomic mass is 10.2. The van der Waals surface area contributed by atoms with Gasteiger partial charge in [-0.3, -0.25) is 4.79 Å². The molecule has 0 saturated heterocycles. The van der Waals surface area contributed by atoms with E-state index in [1.54, 1.807) is 18.2 Å². The van der Waals surface area contributed by atoms with E-state index >= 15 is 0 Å².